The van der Waals surface area contributed by atoms with Gasteiger partial charge in [0.15, 0.2) is 0 Å². The molecule has 0 aliphatic heterocycles. The molecule has 0 atom stereocenters. The molecular formula is C10H14N2O3S. The quantitative estimate of drug-likeness (QED) is 0.651. The number of rotatable bonds is 4. The van der Waals surface area contributed by atoms with Crippen LogP contribution < -0.4 is 10.5 Å². The first kappa shape index (κ1) is 11.4. The van der Waals surface area contributed by atoms with Gasteiger partial charge in [0.1, 0.15) is 0 Å². The summed E-state index contributed by atoms with van der Waals surface area (Å²) in [5.74, 6) is 0. The molecule has 1 saturated carbocycles. The molecule has 1 aliphatic carbocycles. The van der Waals surface area contributed by atoms with Crippen molar-refractivity contribution >= 4 is 15.7 Å². The number of aliphatic hydroxyl groups excluding tert-OH is 1. The summed E-state index contributed by atoms with van der Waals surface area (Å²) in [4.78, 5) is 0.132. The van der Waals surface area contributed by atoms with E-state index in [9.17, 15) is 8.42 Å². The van der Waals surface area contributed by atoms with Crippen LogP contribution >= 0.6 is 0 Å². The second kappa shape index (κ2) is 3.73. The summed E-state index contributed by atoms with van der Waals surface area (Å²) in [5.41, 5.74) is 5.28. The highest BCUT2D eigenvalue weighted by Gasteiger charge is 2.45. The van der Waals surface area contributed by atoms with Crippen LogP contribution in [0.3, 0.4) is 0 Å². The molecule has 0 saturated heterocycles. The van der Waals surface area contributed by atoms with Gasteiger partial charge in [0.05, 0.1) is 17.0 Å². The van der Waals surface area contributed by atoms with Gasteiger partial charge in [-0.15, -0.1) is 0 Å². The Labute approximate surface area is 94.3 Å². The lowest BCUT2D eigenvalue weighted by molar-refractivity contribution is 0.246. The second-order valence-electron chi connectivity index (χ2n) is 4.12. The van der Waals surface area contributed by atoms with Crippen LogP contribution in [0.1, 0.15) is 12.8 Å². The van der Waals surface area contributed by atoms with E-state index in [0.717, 1.165) is 0 Å². The Hall–Kier alpha value is -1.11. The Kier molecular flexibility index (Phi) is 2.65. The number of benzene rings is 1. The van der Waals surface area contributed by atoms with Gasteiger partial charge in [0, 0.05) is 5.69 Å². The molecule has 88 valence electrons. The minimum atomic E-state index is -3.58. The van der Waals surface area contributed by atoms with E-state index in [1.54, 1.807) is 12.1 Å². The molecule has 0 spiro atoms. The summed E-state index contributed by atoms with van der Waals surface area (Å²) in [5, 5.41) is 9.07. The highest BCUT2D eigenvalue weighted by atomic mass is 32.2. The molecule has 4 N–H and O–H groups in total. The molecule has 16 heavy (non-hydrogen) atoms. The van der Waals surface area contributed by atoms with Crippen molar-refractivity contribution in [2.24, 2.45) is 0 Å². The van der Waals surface area contributed by atoms with Crippen molar-refractivity contribution in [2.45, 2.75) is 23.3 Å². The third-order valence-electron chi connectivity index (χ3n) is 2.68. The van der Waals surface area contributed by atoms with Crippen LogP contribution in [0.4, 0.5) is 5.69 Å². The number of hydrogen-bond acceptors (Lipinski definition) is 4. The van der Waals surface area contributed by atoms with Gasteiger partial charge in [0.25, 0.3) is 0 Å². The van der Waals surface area contributed by atoms with Gasteiger partial charge in [0.2, 0.25) is 10.0 Å². The molecule has 0 amide bonds. The molecule has 0 heterocycles. The number of hydrogen-bond donors (Lipinski definition) is 3. The van der Waals surface area contributed by atoms with Gasteiger partial charge in [-0.3, -0.25) is 0 Å². The van der Waals surface area contributed by atoms with Crippen molar-refractivity contribution in [1.29, 1.82) is 0 Å². The van der Waals surface area contributed by atoms with Crippen LogP contribution in [0.25, 0.3) is 0 Å². The smallest absolute Gasteiger partial charge is 0.241 e. The fourth-order valence-corrected chi connectivity index (χ4v) is 2.97. The van der Waals surface area contributed by atoms with Crippen LogP contribution in [0, 0.1) is 0 Å². The predicted octanol–water partition coefficient (Wildman–Crippen LogP) is 0.0720. The monoisotopic (exact) mass is 242 g/mol. The van der Waals surface area contributed by atoms with Crippen LogP contribution in [0.5, 0.6) is 0 Å². The number of nitrogens with two attached hydrogens (primary N) is 1. The maximum Gasteiger partial charge on any atom is 0.241 e. The highest BCUT2D eigenvalue weighted by Crippen LogP contribution is 2.36. The molecule has 6 heteroatoms. The predicted molar refractivity (Wildman–Crippen MR) is 60.2 cm³/mol. The second-order valence-corrected chi connectivity index (χ2v) is 5.80. The van der Waals surface area contributed by atoms with Crippen molar-refractivity contribution in [3.8, 4) is 0 Å². The van der Waals surface area contributed by atoms with Crippen molar-refractivity contribution < 1.29 is 13.5 Å². The Balaban J connectivity index is 2.26. The van der Waals surface area contributed by atoms with Crippen molar-refractivity contribution in [3.63, 3.8) is 0 Å². The van der Waals surface area contributed by atoms with Gasteiger partial charge < -0.3 is 10.8 Å². The van der Waals surface area contributed by atoms with Gasteiger partial charge in [-0.2, -0.15) is 0 Å². The Bertz CT molecular complexity index is 495. The fourth-order valence-electron chi connectivity index (χ4n) is 1.47. The number of anilines is 1. The van der Waals surface area contributed by atoms with E-state index in [4.69, 9.17) is 10.8 Å². The number of nitrogen functional groups attached to an aromatic ring is 1. The average molecular weight is 242 g/mol. The zero-order valence-corrected chi connectivity index (χ0v) is 9.50. The fraction of sp³-hybridized carbons (Fsp3) is 0.400. The SMILES string of the molecule is Nc1cccc(S(=O)(=O)NC2(CO)CC2)c1. The van der Waals surface area contributed by atoms with Crippen LogP contribution in [-0.2, 0) is 10.0 Å². The summed E-state index contributed by atoms with van der Waals surface area (Å²) in [7, 11) is -3.58. The van der Waals surface area contributed by atoms with E-state index >= 15 is 0 Å². The summed E-state index contributed by atoms with van der Waals surface area (Å²) in [6.07, 6.45) is 1.34. The minimum Gasteiger partial charge on any atom is -0.399 e. The van der Waals surface area contributed by atoms with E-state index in [1.165, 1.54) is 12.1 Å². The zero-order valence-electron chi connectivity index (χ0n) is 8.68. The topological polar surface area (TPSA) is 92.4 Å². The van der Waals surface area contributed by atoms with Gasteiger partial charge in [-0.1, -0.05) is 6.07 Å². The molecule has 0 bridgehead atoms. The minimum absolute atomic E-state index is 0.132. The van der Waals surface area contributed by atoms with Gasteiger partial charge in [-0.05, 0) is 31.0 Å². The first-order valence-electron chi connectivity index (χ1n) is 4.98. The summed E-state index contributed by atoms with van der Waals surface area (Å²) in [6.45, 7) is -0.172. The van der Waals surface area contributed by atoms with E-state index < -0.39 is 15.6 Å². The van der Waals surface area contributed by atoms with Crippen LogP contribution in [0.15, 0.2) is 29.2 Å². The molecule has 1 aromatic carbocycles. The average Bonchev–Trinajstić information content (AvgIpc) is 2.98. The third-order valence-corrected chi connectivity index (χ3v) is 4.25. The first-order chi connectivity index (χ1) is 7.47. The molecule has 1 aromatic rings. The van der Waals surface area contributed by atoms with Gasteiger partial charge in [-0.25, -0.2) is 13.1 Å². The van der Waals surface area contributed by atoms with E-state index in [1.807, 2.05) is 0 Å². The summed E-state index contributed by atoms with van der Waals surface area (Å²) < 4.78 is 26.3. The number of nitrogens with one attached hydrogen (secondary N) is 1. The zero-order chi connectivity index (χ0) is 11.8. The normalized spacial score (nSPS) is 18.3. The largest absolute Gasteiger partial charge is 0.399 e. The molecule has 2 rings (SSSR count). The lowest BCUT2D eigenvalue weighted by Gasteiger charge is -2.14. The van der Waals surface area contributed by atoms with Crippen molar-refractivity contribution in [3.05, 3.63) is 24.3 Å². The Morgan fingerprint density at radius 3 is 2.62 bits per heavy atom. The first-order valence-corrected chi connectivity index (χ1v) is 6.46. The summed E-state index contributed by atoms with van der Waals surface area (Å²) in [6, 6.07) is 6.09. The van der Waals surface area contributed by atoms with E-state index in [2.05, 4.69) is 4.72 Å². The number of aliphatic hydroxyl groups is 1. The van der Waals surface area contributed by atoms with Crippen LogP contribution in [-0.4, -0.2) is 25.7 Å². The molecule has 0 aromatic heterocycles. The summed E-state index contributed by atoms with van der Waals surface area (Å²) >= 11 is 0. The Morgan fingerprint density at radius 2 is 2.12 bits per heavy atom. The standard InChI is InChI=1S/C10H14N2O3S/c11-8-2-1-3-9(6-8)16(14,15)12-10(7-13)4-5-10/h1-3,6,12-13H,4-5,7,11H2. The molecule has 1 fully saturated rings. The van der Waals surface area contributed by atoms with Crippen LogP contribution in [0.2, 0.25) is 0 Å². The highest BCUT2D eigenvalue weighted by molar-refractivity contribution is 7.89. The molecule has 1 aliphatic rings. The van der Waals surface area contributed by atoms with E-state index in [-0.39, 0.29) is 11.5 Å². The maximum absolute atomic E-state index is 11.9. The third kappa shape index (κ3) is 2.18. The molecular weight excluding hydrogens is 228 g/mol. The lowest BCUT2D eigenvalue weighted by atomic mass is 10.3. The maximum atomic E-state index is 11.9. The molecule has 0 radical (unpaired) electrons. The Morgan fingerprint density at radius 1 is 1.44 bits per heavy atom. The molecule has 5 nitrogen and oxygen atoms in total. The van der Waals surface area contributed by atoms with Crippen molar-refractivity contribution in [1.82, 2.24) is 4.72 Å². The molecule has 0 unspecified atom stereocenters. The van der Waals surface area contributed by atoms with E-state index in [0.29, 0.717) is 18.5 Å². The lowest BCUT2D eigenvalue weighted by Crippen LogP contribution is -2.39. The van der Waals surface area contributed by atoms with Gasteiger partial charge >= 0.3 is 0 Å². The van der Waals surface area contributed by atoms with Crippen molar-refractivity contribution in [2.75, 3.05) is 12.3 Å². The number of sulfonamides is 1.